The molecule has 0 radical (unpaired) electrons. The van der Waals surface area contributed by atoms with Crippen LogP contribution in [0.25, 0.3) is 0 Å². The first-order chi connectivity index (χ1) is 9.83. The molecule has 0 aliphatic heterocycles. The van der Waals surface area contributed by atoms with Crippen molar-refractivity contribution < 1.29 is 18.3 Å². The van der Waals surface area contributed by atoms with Crippen molar-refractivity contribution in [2.45, 2.75) is 38.0 Å². The molecule has 1 aromatic rings. The predicted octanol–water partition coefficient (Wildman–Crippen LogP) is 2.49. The number of aliphatic carboxylic acids is 1. The van der Waals surface area contributed by atoms with Crippen LogP contribution < -0.4 is 4.72 Å². The molecule has 118 valence electrons. The lowest BCUT2D eigenvalue weighted by Crippen LogP contribution is -2.27. The number of carboxylic acids is 1. The van der Waals surface area contributed by atoms with Gasteiger partial charge in [-0.15, -0.1) is 0 Å². The fraction of sp³-hybridized carbons (Fsp3) is 0.533. The van der Waals surface area contributed by atoms with E-state index in [0.717, 1.165) is 0 Å². The molecule has 1 unspecified atom stereocenters. The third kappa shape index (κ3) is 6.27. The van der Waals surface area contributed by atoms with Crippen LogP contribution in [0.1, 0.15) is 33.1 Å². The maximum atomic E-state index is 12.0. The van der Waals surface area contributed by atoms with Gasteiger partial charge in [-0.1, -0.05) is 32.0 Å². The van der Waals surface area contributed by atoms with E-state index in [1.807, 2.05) is 13.8 Å². The molecule has 0 spiro atoms. The van der Waals surface area contributed by atoms with E-state index in [0.29, 0.717) is 25.3 Å². The fourth-order valence-electron chi connectivity index (χ4n) is 2.18. The van der Waals surface area contributed by atoms with E-state index in [2.05, 4.69) is 4.72 Å². The summed E-state index contributed by atoms with van der Waals surface area (Å²) >= 11 is 0. The fourth-order valence-corrected chi connectivity index (χ4v) is 3.25. The summed E-state index contributed by atoms with van der Waals surface area (Å²) in [6.07, 6.45) is 1.32. The van der Waals surface area contributed by atoms with Gasteiger partial charge in [-0.3, -0.25) is 4.79 Å². The summed E-state index contributed by atoms with van der Waals surface area (Å²) < 4.78 is 26.7. The number of carbonyl (C=O) groups is 1. The zero-order chi connectivity index (χ0) is 15.9. The Hall–Kier alpha value is -1.40. The van der Waals surface area contributed by atoms with Gasteiger partial charge in [0.2, 0.25) is 10.0 Å². The van der Waals surface area contributed by atoms with E-state index in [1.54, 1.807) is 30.3 Å². The number of hydrogen-bond acceptors (Lipinski definition) is 3. The van der Waals surface area contributed by atoms with Crippen molar-refractivity contribution >= 4 is 16.0 Å². The van der Waals surface area contributed by atoms with Gasteiger partial charge in [0.05, 0.1) is 4.90 Å². The predicted molar refractivity (Wildman–Crippen MR) is 81.4 cm³/mol. The van der Waals surface area contributed by atoms with Gasteiger partial charge in [0.25, 0.3) is 0 Å². The summed E-state index contributed by atoms with van der Waals surface area (Å²) in [5.41, 5.74) is 0. The minimum atomic E-state index is -3.48. The topological polar surface area (TPSA) is 83.5 Å². The summed E-state index contributed by atoms with van der Waals surface area (Å²) in [6.45, 7) is 4.37. The second kappa shape index (κ2) is 8.14. The highest BCUT2D eigenvalue weighted by Crippen LogP contribution is 2.21. The van der Waals surface area contributed by atoms with Gasteiger partial charge in [0.1, 0.15) is 0 Å². The van der Waals surface area contributed by atoms with Gasteiger partial charge in [0, 0.05) is 13.0 Å². The molecule has 0 aliphatic carbocycles. The summed E-state index contributed by atoms with van der Waals surface area (Å²) in [6, 6.07) is 8.22. The molecule has 0 fully saturated rings. The Kier molecular flexibility index (Phi) is 6.84. The number of carboxylic acid groups (broad SMARTS) is 1. The van der Waals surface area contributed by atoms with E-state index < -0.39 is 16.0 Å². The standard InChI is InChI=1S/C15H23NO4S/c1-12(2)13(8-9-15(17)18)10-11-16-21(19,20)14-6-4-3-5-7-14/h3-7,12-13,16H,8-11H2,1-2H3,(H,17,18). The van der Waals surface area contributed by atoms with E-state index in [9.17, 15) is 13.2 Å². The monoisotopic (exact) mass is 313 g/mol. The first kappa shape index (κ1) is 17.7. The van der Waals surface area contributed by atoms with Crippen LogP contribution in [-0.4, -0.2) is 26.0 Å². The smallest absolute Gasteiger partial charge is 0.303 e. The highest BCUT2D eigenvalue weighted by molar-refractivity contribution is 7.89. The summed E-state index contributed by atoms with van der Waals surface area (Å²) in [5.74, 6) is -0.296. The Labute approximate surface area is 126 Å². The average molecular weight is 313 g/mol. The number of benzene rings is 1. The van der Waals surface area contributed by atoms with Crippen molar-refractivity contribution in [1.82, 2.24) is 4.72 Å². The average Bonchev–Trinajstić information content (AvgIpc) is 2.42. The van der Waals surface area contributed by atoms with Crippen LogP contribution >= 0.6 is 0 Å². The van der Waals surface area contributed by atoms with Gasteiger partial charge < -0.3 is 5.11 Å². The van der Waals surface area contributed by atoms with Gasteiger partial charge in [0.15, 0.2) is 0 Å². The van der Waals surface area contributed by atoms with Gasteiger partial charge in [-0.2, -0.15) is 0 Å². The minimum absolute atomic E-state index is 0.119. The zero-order valence-electron chi connectivity index (χ0n) is 12.5. The molecule has 1 rings (SSSR count). The van der Waals surface area contributed by atoms with Gasteiger partial charge in [-0.25, -0.2) is 13.1 Å². The Balaban J connectivity index is 2.52. The lowest BCUT2D eigenvalue weighted by atomic mass is 9.88. The zero-order valence-corrected chi connectivity index (χ0v) is 13.3. The molecule has 0 amide bonds. The SMILES string of the molecule is CC(C)C(CCNS(=O)(=O)c1ccccc1)CCC(=O)O. The highest BCUT2D eigenvalue weighted by Gasteiger charge is 2.17. The lowest BCUT2D eigenvalue weighted by molar-refractivity contribution is -0.137. The third-order valence-corrected chi connectivity index (χ3v) is 5.01. The summed E-state index contributed by atoms with van der Waals surface area (Å²) in [4.78, 5) is 10.9. The minimum Gasteiger partial charge on any atom is -0.481 e. The summed E-state index contributed by atoms with van der Waals surface area (Å²) in [7, 11) is -3.48. The highest BCUT2D eigenvalue weighted by atomic mass is 32.2. The maximum absolute atomic E-state index is 12.0. The quantitative estimate of drug-likeness (QED) is 0.733. The normalized spacial score (nSPS) is 13.3. The molecule has 21 heavy (non-hydrogen) atoms. The largest absolute Gasteiger partial charge is 0.481 e. The molecule has 0 aliphatic rings. The van der Waals surface area contributed by atoms with Crippen LogP contribution in [0.15, 0.2) is 35.2 Å². The van der Waals surface area contributed by atoms with Crippen molar-refractivity contribution in [3.63, 3.8) is 0 Å². The molecular formula is C15H23NO4S. The van der Waals surface area contributed by atoms with Crippen LogP contribution in [0.4, 0.5) is 0 Å². The Bertz CT molecular complexity index is 540. The molecule has 0 aromatic heterocycles. The molecule has 0 heterocycles. The van der Waals surface area contributed by atoms with E-state index in [4.69, 9.17) is 5.11 Å². The van der Waals surface area contributed by atoms with Crippen molar-refractivity contribution in [1.29, 1.82) is 0 Å². The van der Waals surface area contributed by atoms with Crippen molar-refractivity contribution in [3.05, 3.63) is 30.3 Å². The third-order valence-electron chi connectivity index (χ3n) is 3.53. The van der Waals surface area contributed by atoms with Gasteiger partial charge >= 0.3 is 5.97 Å². The molecule has 6 heteroatoms. The van der Waals surface area contributed by atoms with Crippen molar-refractivity contribution in [3.8, 4) is 0 Å². The Morgan fingerprint density at radius 1 is 1.19 bits per heavy atom. The van der Waals surface area contributed by atoms with Crippen LogP contribution in [0.3, 0.4) is 0 Å². The Morgan fingerprint density at radius 2 is 1.81 bits per heavy atom. The van der Waals surface area contributed by atoms with E-state index in [-0.39, 0.29) is 17.2 Å². The van der Waals surface area contributed by atoms with Crippen LogP contribution in [0.2, 0.25) is 0 Å². The van der Waals surface area contributed by atoms with E-state index >= 15 is 0 Å². The first-order valence-corrected chi connectivity index (χ1v) is 8.57. The number of hydrogen-bond donors (Lipinski definition) is 2. The molecular weight excluding hydrogens is 290 g/mol. The maximum Gasteiger partial charge on any atom is 0.303 e. The van der Waals surface area contributed by atoms with Gasteiger partial charge in [-0.05, 0) is 36.8 Å². The van der Waals surface area contributed by atoms with Crippen LogP contribution in [0, 0.1) is 11.8 Å². The molecule has 1 atom stereocenters. The van der Waals surface area contributed by atoms with Crippen LogP contribution in [0.5, 0.6) is 0 Å². The number of nitrogens with one attached hydrogen (secondary N) is 1. The lowest BCUT2D eigenvalue weighted by Gasteiger charge is -2.20. The van der Waals surface area contributed by atoms with E-state index in [1.165, 1.54) is 0 Å². The molecule has 1 aromatic carbocycles. The molecule has 0 bridgehead atoms. The van der Waals surface area contributed by atoms with Crippen LogP contribution in [-0.2, 0) is 14.8 Å². The molecule has 0 saturated carbocycles. The first-order valence-electron chi connectivity index (χ1n) is 7.09. The summed E-state index contributed by atoms with van der Waals surface area (Å²) in [5, 5.41) is 8.74. The number of rotatable bonds is 9. The Morgan fingerprint density at radius 3 is 2.33 bits per heavy atom. The number of sulfonamides is 1. The van der Waals surface area contributed by atoms with Crippen molar-refractivity contribution in [2.75, 3.05) is 6.54 Å². The second-order valence-electron chi connectivity index (χ2n) is 5.44. The van der Waals surface area contributed by atoms with Crippen molar-refractivity contribution in [2.24, 2.45) is 11.8 Å². The molecule has 2 N–H and O–H groups in total. The second-order valence-corrected chi connectivity index (χ2v) is 7.20. The molecule has 5 nitrogen and oxygen atoms in total. The molecule has 0 saturated heterocycles.